The van der Waals surface area contributed by atoms with Gasteiger partial charge in [0.15, 0.2) is 6.71 Å². The van der Waals surface area contributed by atoms with Crippen molar-refractivity contribution in [3.63, 3.8) is 0 Å². The van der Waals surface area contributed by atoms with Crippen molar-refractivity contribution in [3.05, 3.63) is 41.5 Å². The molecule has 0 aliphatic carbocycles. The van der Waals surface area contributed by atoms with Crippen molar-refractivity contribution < 1.29 is 24.1 Å². The maximum absolute atomic E-state index is 10.8. The highest BCUT2D eigenvalue weighted by Gasteiger charge is 2.12. The zero-order valence-electron chi connectivity index (χ0n) is 15.6. The molecule has 0 fully saturated rings. The SMILES string of the molecule is CB(C)c1ccc(Oc2ccc(C#N)c(OCCOC(C)=O)n2)cc1CO. The van der Waals surface area contributed by atoms with E-state index in [-0.39, 0.29) is 43.9 Å². The molecule has 140 valence electrons. The van der Waals surface area contributed by atoms with Crippen LogP contribution in [0.15, 0.2) is 30.3 Å². The number of aliphatic hydroxyl groups excluding tert-OH is 1. The van der Waals surface area contributed by atoms with Crippen molar-refractivity contribution in [2.45, 2.75) is 27.2 Å². The van der Waals surface area contributed by atoms with E-state index in [1.807, 2.05) is 12.1 Å². The van der Waals surface area contributed by atoms with Crippen LogP contribution in [0, 0.1) is 11.3 Å². The van der Waals surface area contributed by atoms with Crippen LogP contribution in [0.1, 0.15) is 18.1 Å². The highest BCUT2D eigenvalue weighted by atomic mass is 16.6. The van der Waals surface area contributed by atoms with Gasteiger partial charge in [0.1, 0.15) is 30.6 Å². The van der Waals surface area contributed by atoms with Gasteiger partial charge < -0.3 is 19.3 Å². The van der Waals surface area contributed by atoms with E-state index in [4.69, 9.17) is 14.2 Å². The van der Waals surface area contributed by atoms with E-state index in [0.29, 0.717) is 5.75 Å². The van der Waals surface area contributed by atoms with Crippen LogP contribution >= 0.6 is 0 Å². The molecule has 1 N–H and O–H groups in total. The van der Waals surface area contributed by atoms with Crippen LogP contribution in [0.5, 0.6) is 17.5 Å². The lowest BCUT2D eigenvalue weighted by Gasteiger charge is -2.13. The predicted octanol–water partition coefficient (Wildman–Crippen LogP) is 2.14. The third kappa shape index (κ3) is 5.73. The lowest BCUT2D eigenvalue weighted by atomic mass is 9.48. The molecular weight excluding hydrogens is 347 g/mol. The third-order valence-corrected chi connectivity index (χ3v) is 3.71. The van der Waals surface area contributed by atoms with E-state index >= 15 is 0 Å². The summed E-state index contributed by atoms with van der Waals surface area (Å²) in [5, 5.41) is 18.7. The Labute approximate surface area is 158 Å². The van der Waals surface area contributed by atoms with Gasteiger partial charge in [-0.25, -0.2) is 0 Å². The van der Waals surface area contributed by atoms with Crippen molar-refractivity contribution in [1.29, 1.82) is 5.26 Å². The first-order valence-corrected chi connectivity index (χ1v) is 8.53. The maximum Gasteiger partial charge on any atom is 0.302 e. The Hall–Kier alpha value is -3.05. The molecule has 0 spiro atoms. The van der Waals surface area contributed by atoms with Gasteiger partial charge in [-0.05, 0) is 23.8 Å². The summed E-state index contributed by atoms with van der Waals surface area (Å²) in [7, 11) is 0. The summed E-state index contributed by atoms with van der Waals surface area (Å²) >= 11 is 0. The molecule has 0 aliphatic heterocycles. The fourth-order valence-corrected chi connectivity index (χ4v) is 2.47. The fourth-order valence-electron chi connectivity index (χ4n) is 2.47. The normalized spacial score (nSPS) is 10.0. The van der Waals surface area contributed by atoms with Gasteiger partial charge in [0.2, 0.25) is 11.8 Å². The smallest absolute Gasteiger partial charge is 0.302 e. The van der Waals surface area contributed by atoms with Gasteiger partial charge in [-0.2, -0.15) is 10.2 Å². The number of nitrogens with zero attached hydrogens (tertiary/aromatic N) is 2. The molecule has 0 saturated carbocycles. The van der Waals surface area contributed by atoms with Crippen LogP contribution in [0.3, 0.4) is 0 Å². The van der Waals surface area contributed by atoms with E-state index in [0.717, 1.165) is 11.0 Å². The maximum atomic E-state index is 10.8. The summed E-state index contributed by atoms with van der Waals surface area (Å²) in [5.41, 5.74) is 2.08. The van der Waals surface area contributed by atoms with Crippen molar-refractivity contribution in [2.75, 3.05) is 13.2 Å². The number of hydrogen-bond acceptors (Lipinski definition) is 7. The quantitative estimate of drug-likeness (QED) is 0.433. The molecule has 0 unspecified atom stereocenters. The molecule has 1 aromatic carbocycles. The van der Waals surface area contributed by atoms with E-state index in [1.54, 1.807) is 24.3 Å². The minimum absolute atomic E-state index is 0.0590. The minimum Gasteiger partial charge on any atom is -0.473 e. The molecule has 8 heteroatoms. The Bertz CT molecular complexity index is 848. The number of carbonyl (C=O) groups is 1. The number of nitriles is 1. The molecule has 27 heavy (non-hydrogen) atoms. The molecule has 0 amide bonds. The number of ether oxygens (including phenoxy) is 3. The summed E-state index contributed by atoms with van der Waals surface area (Å²) in [5.74, 6) is 0.459. The zero-order chi connectivity index (χ0) is 19.8. The molecule has 1 heterocycles. The Morgan fingerprint density at radius 3 is 2.67 bits per heavy atom. The first-order chi connectivity index (χ1) is 12.9. The Balaban J connectivity index is 2.16. The average molecular weight is 368 g/mol. The summed E-state index contributed by atoms with van der Waals surface area (Å²) in [6.07, 6.45) is 0. The standard InChI is InChI=1S/C19H21BN2O5/c1-13(24)25-8-9-26-19-14(11-21)4-7-18(22-19)27-16-5-6-17(20(2)3)15(10-16)12-23/h4-7,10,23H,8-9,12H2,1-3H3. The number of rotatable bonds is 8. The molecule has 0 atom stereocenters. The highest BCUT2D eigenvalue weighted by Crippen LogP contribution is 2.24. The topological polar surface area (TPSA) is 102 Å². The van der Waals surface area contributed by atoms with E-state index < -0.39 is 5.97 Å². The summed E-state index contributed by atoms with van der Waals surface area (Å²) in [6.45, 7) is 5.74. The molecule has 0 saturated heterocycles. The van der Waals surface area contributed by atoms with Crippen LogP contribution in [0.4, 0.5) is 0 Å². The number of pyridine rings is 1. The van der Waals surface area contributed by atoms with Crippen LogP contribution in [-0.2, 0) is 16.1 Å². The first-order valence-electron chi connectivity index (χ1n) is 8.53. The van der Waals surface area contributed by atoms with Crippen molar-refractivity contribution in [3.8, 4) is 23.6 Å². The lowest BCUT2D eigenvalue weighted by molar-refractivity contribution is -0.141. The third-order valence-electron chi connectivity index (χ3n) is 3.71. The van der Waals surface area contributed by atoms with Gasteiger partial charge in [-0.3, -0.25) is 4.79 Å². The van der Waals surface area contributed by atoms with Crippen molar-refractivity contribution in [2.24, 2.45) is 0 Å². The Morgan fingerprint density at radius 1 is 1.26 bits per heavy atom. The minimum atomic E-state index is -0.409. The van der Waals surface area contributed by atoms with Crippen LogP contribution in [-0.4, -0.2) is 36.0 Å². The van der Waals surface area contributed by atoms with E-state index in [9.17, 15) is 15.2 Å². The molecule has 1 aromatic heterocycles. The number of carbonyl (C=O) groups excluding carboxylic acids is 1. The van der Waals surface area contributed by atoms with Gasteiger partial charge in [0.25, 0.3) is 0 Å². The molecule has 0 radical (unpaired) electrons. The summed E-state index contributed by atoms with van der Waals surface area (Å²) in [6, 6.07) is 10.6. The van der Waals surface area contributed by atoms with Crippen molar-refractivity contribution >= 4 is 18.1 Å². The zero-order valence-corrected chi connectivity index (χ0v) is 15.6. The monoisotopic (exact) mass is 368 g/mol. The lowest BCUT2D eigenvalue weighted by Crippen LogP contribution is -2.26. The van der Waals surface area contributed by atoms with Gasteiger partial charge in [0, 0.05) is 13.0 Å². The Kier molecular flexibility index (Phi) is 7.20. The molecule has 2 rings (SSSR count). The molecule has 7 nitrogen and oxygen atoms in total. The van der Waals surface area contributed by atoms with Crippen molar-refractivity contribution in [1.82, 2.24) is 4.98 Å². The van der Waals surface area contributed by atoms with Gasteiger partial charge >= 0.3 is 5.97 Å². The number of hydrogen-bond donors (Lipinski definition) is 1. The molecule has 0 aliphatic rings. The van der Waals surface area contributed by atoms with Crippen LogP contribution in [0.2, 0.25) is 13.6 Å². The molecule has 2 aromatic rings. The van der Waals surface area contributed by atoms with Crippen LogP contribution in [0.25, 0.3) is 0 Å². The molecular formula is C19H21BN2O5. The molecule has 0 bridgehead atoms. The van der Waals surface area contributed by atoms with Gasteiger partial charge in [0.05, 0.1) is 6.61 Å². The second kappa shape index (κ2) is 9.60. The summed E-state index contributed by atoms with van der Waals surface area (Å²) < 4.78 is 16.0. The number of aliphatic hydroxyl groups is 1. The van der Waals surface area contributed by atoms with Crippen LogP contribution < -0.4 is 14.9 Å². The van der Waals surface area contributed by atoms with E-state index in [2.05, 4.69) is 18.6 Å². The largest absolute Gasteiger partial charge is 0.473 e. The first kappa shape index (κ1) is 20.3. The summed E-state index contributed by atoms with van der Waals surface area (Å²) in [4.78, 5) is 15.0. The Morgan fingerprint density at radius 2 is 2.04 bits per heavy atom. The van der Waals surface area contributed by atoms with E-state index in [1.165, 1.54) is 6.92 Å². The predicted molar refractivity (Wildman–Crippen MR) is 101 cm³/mol. The highest BCUT2D eigenvalue weighted by molar-refractivity contribution is 6.71. The number of aromatic nitrogens is 1. The second-order valence-electron chi connectivity index (χ2n) is 6.08. The second-order valence-corrected chi connectivity index (χ2v) is 6.08. The number of esters is 1. The van der Waals surface area contributed by atoms with Gasteiger partial charge in [-0.1, -0.05) is 25.2 Å². The average Bonchev–Trinajstić information content (AvgIpc) is 2.65. The fraction of sp³-hybridized carbons (Fsp3) is 0.316. The van der Waals surface area contributed by atoms with Gasteiger partial charge in [-0.15, -0.1) is 0 Å². The number of benzene rings is 1.